The second-order valence-electron chi connectivity index (χ2n) is 5.81. The molecule has 0 bridgehead atoms. The van der Waals surface area contributed by atoms with Crippen LogP contribution in [-0.2, 0) is 14.3 Å². The molecule has 0 saturated heterocycles. The summed E-state index contributed by atoms with van der Waals surface area (Å²) in [5, 5.41) is 10.6. The first-order valence-electron chi connectivity index (χ1n) is 8.26. The Labute approximate surface area is 145 Å². The molecule has 2 atom stereocenters. The summed E-state index contributed by atoms with van der Waals surface area (Å²) in [4.78, 5) is 24.6. The lowest BCUT2D eigenvalue weighted by atomic mass is 10.1. The van der Waals surface area contributed by atoms with Crippen molar-refractivity contribution in [3.05, 3.63) is 60.4 Å². The Morgan fingerprint density at radius 1 is 1.16 bits per heavy atom. The van der Waals surface area contributed by atoms with Crippen LogP contribution in [0.25, 0.3) is 0 Å². The SMILES string of the molecule is O=C1CC/C=C/C[C@@H](n2ccnn2)C(=O)OC[C@@H](c2ccccc2)N1. The van der Waals surface area contributed by atoms with Crippen molar-refractivity contribution in [3.8, 4) is 0 Å². The number of rotatable bonds is 2. The first kappa shape index (κ1) is 16.9. The maximum absolute atomic E-state index is 12.5. The quantitative estimate of drug-likeness (QED) is 0.667. The molecule has 0 saturated carbocycles. The molecule has 7 nitrogen and oxygen atoms in total. The van der Waals surface area contributed by atoms with E-state index < -0.39 is 12.0 Å². The first-order chi connectivity index (χ1) is 12.2. The predicted molar refractivity (Wildman–Crippen MR) is 90.3 cm³/mol. The van der Waals surface area contributed by atoms with Gasteiger partial charge in [0.25, 0.3) is 0 Å². The minimum absolute atomic E-state index is 0.0667. The van der Waals surface area contributed by atoms with Crippen molar-refractivity contribution in [3.63, 3.8) is 0 Å². The predicted octanol–water partition coefficient (Wildman–Crippen LogP) is 1.96. The number of aromatic nitrogens is 3. The van der Waals surface area contributed by atoms with Crippen molar-refractivity contribution in [2.45, 2.75) is 31.3 Å². The lowest BCUT2D eigenvalue weighted by Gasteiger charge is -2.21. The fourth-order valence-electron chi connectivity index (χ4n) is 2.69. The van der Waals surface area contributed by atoms with Crippen molar-refractivity contribution >= 4 is 11.9 Å². The van der Waals surface area contributed by atoms with E-state index in [0.717, 1.165) is 5.56 Å². The van der Waals surface area contributed by atoms with Crippen LogP contribution in [0.1, 0.15) is 36.9 Å². The van der Waals surface area contributed by atoms with E-state index in [0.29, 0.717) is 19.3 Å². The summed E-state index contributed by atoms with van der Waals surface area (Å²) in [6.07, 6.45) is 8.39. The molecule has 7 heteroatoms. The number of esters is 1. The lowest BCUT2D eigenvalue weighted by molar-refractivity contribution is -0.149. The summed E-state index contributed by atoms with van der Waals surface area (Å²) in [5.74, 6) is -0.464. The van der Waals surface area contributed by atoms with Crippen molar-refractivity contribution in [2.24, 2.45) is 0 Å². The Balaban J connectivity index is 1.80. The molecule has 2 heterocycles. The molecule has 1 N–H and O–H groups in total. The summed E-state index contributed by atoms with van der Waals surface area (Å²) in [6, 6.07) is 8.54. The van der Waals surface area contributed by atoms with Crippen LogP contribution in [0, 0.1) is 0 Å². The Bertz CT molecular complexity index is 728. The van der Waals surface area contributed by atoms with E-state index in [9.17, 15) is 9.59 Å². The molecule has 0 fully saturated rings. The van der Waals surface area contributed by atoms with Crippen molar-refractivity contribution < 1.29 is 14.3 Å². The van der Waals surface area contributed by atoms with Gasteiger partial charge in [0.15, 0.2) is 6.04 Å². The third-order valence-electron chi connectivity index (χ3n) is 4.03. The molecule has 2 aromatic rings. The molecule has 0 aliphatic carbocycles. The van der Waals surface area contributed by atoms with E-state index in [1.807, 2.05) is 42.5 Å². The van der Waals surface area contributed by atoms with Crippen LogP contribution in [0.4, 0.5) is 0 Å². The van der Waals surface area contributed by atoms with Gasteiger partial charge in [-0.25, -0.2) is 9.48 Å². The Morgan fingerprint density at radius 2 is 2.00 bits per heavy atom. The fraction of sp³-hybridized carbons (Fsp3) is 0.333. The van der Waals surface area contributed by atoms with Gasteiger partial charge in [0.1, 0.15) is 6.61 Å². The molecule has 1 aliphatic rings. The number of benzene rings is 1. The van der Waals surface area contributed by atoms with Crippen LogP contribution >= 0.6 is 0 Å². The van der Waals surface area contributed by atoms with Gasteiger partial charge in [-0.3, -0.25) is 4.79 Å². The van der Waals surface area contributed by atoms with E-state index in [4.69, 9.17) is 4.74 Å². The highest BCUT2D eigenvalue weighted by Crippen LogP contribution is 2.18. The lowest BCUT2D eigenvalue weighted by Crippen LogP contribution is -2.33. The summed E-state index contributed by atoms with van der Waals surface area (Å²) in [5.41, 5.74) is 0.897. The standard InChI is InChI=1S/C18H20N4O3/c23-17-10-6-2-5-9-16(22-12-11-19-21-22)18(24)25-13-15(20-17)14-7-3-1-4-8-14/h1-5,7-8,11-12,15-16H,6,9-10,13H2,(H,20,23)/b5-2+/t15-,16+/m0/s1. The molecule has 1 amide bonds. The third kappa shape index (κ3) is 4.53. The highest BCUT2D eigenvalue weighted by molar-refractivity contribution is 5.77. The number of hydrogen-bond donors (Lipinski definition) is 1. The Kier molecular flexibility index (Phi) is 5.56. The number of carbonyl (C=O) groups is 2. The summed E-state index contributed by atoms with van der Waals surface area (Å²) in [6.45, 7) is 0.0729. The second-order valence-corrected chi connectivity index (χ2v) is 5.81. The van der Waals surface area contributed by atoms with Gasteiger partial charge >= 0.3 is 5.97 Å². The van der Waals surface area contributed by atoms with Gasteiger partial charge in [-0.2, -0.15) is 0 Å². The van der Waals surface area contributed by atoms with Crippen LogP contribution in [0.15, 0.2) is 54.9 Å². The number of cyclic esters (lactones) is 1. The molecule has 0 unspecified atom stereocenters. The zero-order valence-corrected chi connectivity index (χ0v) is 13.7. The normalized spacial score (nSPS) is 23.7. The molecule has 130 valence electrons. The van der Waals surface area contributed by atoms with Crippen LogP contribution in [-0.4, -0.2) is 33.5 Å². The van der Waals surface area contributed by atoms with E-state index in [1.165, 1.54) is 10.9 Å². The summed E-state index contributed by atoms with van der Waals surface area (Å²) < 4.78 is 6.98. The van der Waals surface area contributed by atoms with Crippen LogP contribution in [0.5, 0.6) is 0 Å². The average molecular weight is 340 g/mol. The highest BCUT2D eigenvalue weighted by atomic mass is 16.5. The van der Waals surface area contributed by atoms with Gasteiger partial charge in [-0.1, -0.05) is 47.7 Å². The maximum Gasteiger partial charge on any atom is 0.331 e. The minimum Gasteiger partial charge on any atom is -0.462 e. The molecule has 0 spiro atoms. The van der Waals surface area contributed by atoms with Gasteiger partial charge in [-0.05, 0) is 18.4 Å². The molecule has 0 radical (unpaired) electrons. The molecule has 1 aliphatic heterocycles. The molecule has 25 heavy (non-hydrogen) atoms. The van der Waals surface area contributed by atoms with Crippen molar-refractivity contribution in [2.75, 3.05) is 6.61 Å². The van der Waals surface area contributed by atoms with Gasteiger partial charge in [0.05, 0.1) is 12.2 Å². The van der Waals surface area contributed by atoms with Crippen LogP contribution in [0.3, 0.4) is 0 Å². The number of hydrogen-bond acceptors (Lipinski definition) is 5. The Morgan fingerprint density at radius 3 is 2.76 bits per heavy atom. The van der Waals surface area contributed by atoms with E-state index in [-0.39, 0.29) is 18.6 Å². The minimum atomic E-state index is -0.565. The van der Waals surface area contributed by atoms with Crippen LogP contribution < -0.4 is 5.32 Å². The van der Waals surface area contributed by atoms with E-state index >= 15 is 0 Å². The summed E-state index contributed by atoms with van der Waals surface area (Å²) in [7, 11) is 0. The largest absolute Gasteiger partial charge is 0.462 e. The van der Waals surface area contributed by atoms with Gasteiger partial charge in [0, 0.05) is 12.6 Å². The summed E-state index contributed by atoms with van der Waals surface area (Å²) >= 11 is 0. The fourth-order valence-corrected chi connectivity index (χ4v) is 2.69. The number of nitrogens with zero attached hydrogens (tertiary/aromatic N) is 3. The van der Waals surface area contributed by atoms with Gasteiger partial charge < -0.3 is 10.1 Å². The molecule has 1 aromatic carbocycles. The average Bonchev–Trinajstić information content (AvgIpc) is 3.15. The first-order valence-corrected chi connectivity index (χ1v) is 8.26. The van der Waals surface area contributed by atoms with Crippen LogP contribution in [0.2, 0.25) is 0 Å². The van der Waals surface area contributed by atoms with E-state index in [2.05, 4.69) is 15.6 Å². The number of ether oxygens (including phenoxy) is 1. The van der Waals surface area contributed by atoms with Gasteiger partial charge in [-0.15, -0.1) is 5.10 Å². The smallest absolute Gasteiger partial charge is 0.331 e. The number of allylic oxidation sites excluding steroid dienone is 2. The molecule has 1 aromatic heterocycles. The number of nitrogens with one attached hydrogen (secondary N) is 1. The molecule has 3 rings (SSSR count). The Hall–Kier alpha value is -2.96. The third-order valence-corrected chi connectivity index (χ3v) is 4.03. The van der Waals surface area contributed by atoms with Gasteiger partial charge in [0.2, 0.25) is 5.91 Å². The highest BCUT2D eigenvalue weighted by Gasteiger charge is 2.24. The maximum atomic E-state index is 12.5. The van der Waals surface area contributed by atoms with Crippen molar-refractivity contribution in [1.29, 1.82) is 0 Å². The topological polar surface area (TPSA) is 86.1 Å². The van der Waals surface area contributed by atoms with E-state index in [1.54, 1.807) is 6.20 Å². The number of carbonyl (C=O) groups excluding carboxylic acids is 2. The monoisotopic (exact) mass is 340 g/mol. The zero-order valence-electron chi connectivity index (χ0n) is 13.7. The zero-order chi connectivity index (χ0) is 17.5. The number of amides is 1. The molecular formula is C18H20N4O3. The molecular weight excluding hydrogens is 320 g/mol. The second kappa shape index (κ2) is 8.23. The van der Waals surface area contributed by atoms with Crippen molar-refractivity contribution in [1.82, 2.24) is 20.3 Å².